The maximum atomic E-state index is 12.0. The van der Waals surface area contributed by atoms with E-state index in [1.165, 1.54) is 43.9 Å². The molecule has 37 heavy (non-hydrogen) atoms. The van der Waals surface area contributed by atoms with Gasteiger partial charge in [0, 0.05) is 19.3 Å². The number of rotatable bonds is 18. The van der Waals surface area contributed by atoms with Gasteiger partial charge in [-0.25, -0.2) is 0 Å². The lowest BCUT2D eigenvalue weighted by atomic mass is 10.1. The van der Waals surface area contributed by atoms with Gasteiger partial charge in [-0.2, -0.15) is 8.42 Å². The zero-order valence-corrected chi connectivity index (χ0v) is 23.4. The van der Waals surface area contributed by atoms with E-state index in [0.717, 1.165) is 38.2 Å². The number of hydrogen-bond donors (Lipinski definition) is 2. The van der Waals surface area contributed by atoms with Crippen LogP contribution in [0.2, 0.25) is 0 Å². The normalized spacial score (nSPS) is 11.7. The SMILES string of the molecule is CCCCCC(=O)OC(CC)CCC(=O)Oc1ccccc1S(=O)(=O)O.CCCCCCCCC(N)=O. The van der Waals surface area contributed by atoms with Crippen molar-refractivity contribution in [2.75, 3.05) is 0 Å². The van der Waals surface area contributed by atoms with Gasteiger partial charge in [-0.1, -0.05) is 77.8 Å². The minimum Gasteiger partial charge on any atom is -0.462 e. The van der Waals surface area contributed by atoms with Gasteiger partial charge in [0.2, 0.25) is 5.91 Å². The van der Waals surface area contributed by atoms with Gasteiger partial charge in [0.15, 0.2) is 5.75 Å². The first-order chi connectivity index (χ1) is 17.5. The second-order valence-corrected chi connectivity index (χ2v) is 10.3. The summed E-state index contributed by atoms with van der Waals surface area (Å²) in [5, 5.41) is 0. The highest BCUT2D eigenvalue weighted by molar-refractivity contribution is 7.86. The van der Waals surface area contributed by atoms with E-state index in [1.54, 1.807) is 0 Å². The molecule has 212 valence electrons. The van der Waals surface area contributed by atoms with E-state index in [2.05, 4.69) is 6.92 Å². The maximum absolute atomic E-state index is 12.0. The molecule has 0 radical (unpaired) electrons. The number of hydrogen-bond acceptors (Lipinski definition) is 7. The summed E-state index contributed by atoms with van der Waals surface area (Å²) in [6, 6.07) is 5.33. The van der Waals surface area contributed by atoms with Crippen molar-refractivity contribution >= 4 is 28.0 Å². The Morgan fingerprint density at radius 3 is 2.00 bits per heavy atom. The summed E-state index contributed by atoms with van der Waals surface area (Å²) in [5.74, 6) is -1.35. The number of amides is 1. The van der Waals surface area contributed by atoms with E-state index < -0.39 is 27.1 Å². The highest BCUT2D eigenvalue weighted by Crippen LogP contribution is 2.23. The van der Waals surface area contributed by atoms with Crippen LogP contribution in [0.15, 0.2) is 29.2 Å². The highest BCUT2D eigenvalue weighted by Gasteiger charge is 2.20. The topological polar surface area (TPSA) is 150 Å². The Balaban J connectivity index is 0.000000989. The fourth-order valence-corrected chi connectivity index (χ4v) is 4.00. The number of carbonyl (C=O) groups is 3. The second-order valence-electron chi connectivity index (χ2n) is 8.90. The van der Waals surface area contributed by atoms with Gasteiger partial charge in [0.25, 0.3) is 10.1 Å². The van der Waals surface area contributed by atoms with Crippen LogP contribution < -0.4 is 10.5 Å². The molecule has 0 bridgehead atoms. The minimum atomic E-state index is -4.49. The van der Waals surface area contributed by atoms with Gasteiger partial charge in [0.1, 0.15) is 11.0 Å². The second kappa shape index (κ2) is 20.6. The Kier molecular flexibility index (Phi) is 19.2. The van der Waals surface area contributed by atoms with E-state index in [-0.39, 0.29) is 30.5 Å². The smallest absolute Gasteiger partial charge is 0.311 e. The van der Waals surface area contributed by atoms with E-state index in [0.29, 0.717) is 19.3 Å². The third kappa shape index (κ3) is 18.4. The van der Waals surface area contributed by atoms with E-state index in [4.69, 9.17) is 19.8 Å². The van der Waals surface area contributed by atoms with Crippen molar-refractivity contribution in [1.82, 2.24) is 0 Å². The number of nitrogens with two attached hydrogens (primary N) is 1. The monoisotopic (exact) mass is 543 g/mol. The van der Waals surface area contributed by atoms with Gasteiger partial charge in [-0.05, 0) is 37.8 Å². The number of carbonyl (C=O) groups excluding carboxylic acids is 3. The van der Waals surface area contributed by atoms with E-state index in [1.807, 2.05) is 13.8 Å². The number of para-hydroxylation sites is 1. The summed E-state index contributed by atoms with van der Waals surface area (Å²) < 4.78 is 42.1. The van der Waals surface area contributed by atoms with Crippen LogP contribution in [-0.2, 0) is 29.2 Å². The molecule has 1 unspecified atom stereocenters. The van der Waals surface area contributed by atoms with Gasteiger partial charge >= 0.3 is 11.9 Å². The highest BCUT2D eigenvalue weighted by atomic mass is 32.2. The summed E-state index contributed by atoms with van der Waals surface area (Å²) in [5.41, 5.74) is 4.99. The molecule has 3 N–H and O–H groups in total. The molecule has 1 aromatic rings. The molecule has 0 fully saturated rings. The number of ether oxygens (including phenoxy) is 2. The summed E-state index contributed by atoms with van der Waals surface area (Å²) in [4.78, 5) is 33.6. The first kappa shape index (κ1) is 34.5. The molecule has 0 aliphatic rings. The molecule has 0 heterocycles. The van der Waals surface area contributed by atoms with E-state index in [9.17, 15) is 22.8 Å². The number of benzene rings is 1. The quantitative estimate of drug-likeness (QED) is 0.103. The first-order valence-electron chi connectivity index (χ1n) is 13.3. The van der Waals surface area contributed by atoms with Crippen LogP contribution in [-0.4, -0.2) is 36.9 Å². The molecule has 1 aromatic carbocycles. The number of primary amides is 1. The molecule has 0 saturated heterocycles. The molecule has 0 aromatic heterocycles. The Bertz CT molecular complexity index is 901. The maximum Gasteiger partial charge on any atom is 0.311 e. The van der Waals surface area contributed by atoms with E-state index >= 15 is 0 Å². The Morgan fingerprint density at radius 2 is 1.41 bits per heavy atom. The van der Waals surface area contributed by atoms with Gasteiger partial charge in [0.05, 0.1) is 0 Å². The number of unbranched alkanes of at least 4 members (excludes halogenated alkanes) is 7. The fourth-order valence-electron chi connectivity index (χ4n) is 3.39. The van der Waals surface area contributed by atoms with Gasteiger partial charge < -0.3 is 15.2 Å². The van der Waals surface area contributed by atoms with Crippen molar-refractivity contribution in [3.63, 3.8) is 0 Å². The Hall–Kier alpha value is -2.46. The summed E-state index contributed by atoms with van der Waals surface area (Å²) in [6.07, 6.45) is 11.4. The van der Waals surface area contributed by atoms with Crippen molar-refractivity contribution in [2.45, 2.75) is 122 Å². The Morgan fingerprint density at radius 1 is 0.838 bits per heavy atom. The molecular weight excluding hydrogens is 498 g/mol. The molecule has 0 aliphatic carbocycles. The summed E-state index contributed by atoms with van der Waals surface area (Å²) >= 11 is 0. The van der Waals surface area contributed by atoms with Gasteiger partial charge in [-0.3, -0.25) is 18.9 Å². The molecule has 0 saturated carbocycles. The predicted octanol–water partition coefficient (Wildman–Crippen LogP) is 5.74. The van der Waals surface area contributed by atoms with Crippen molar-refractivity contribution in [2.24, 2.45) is 5.73 Å². The molecule has 1 amide bonds. The van der Waals surface area contributed by atoms with Crippen molar-refractivity contribution in [1.29, 1.82) is 0 Å². The largest absolute Gasteiger partial charge is 0.462 e. The fraction of sp³-hybridized carbons (Fsp3) is 0.667. The first-order valence-corrected chi connectivity index (χ1v) is 14.7. The minimum absolute atomic E-state index is 0.0411. The molecule has 1 atom stereocenters. The lowest BCUT2D eigenvalue weighted by Gasteiger charge is -2.16. The van der Waals surface area contributed by atoms with Crippen molar-refractivity contribution in [3.8, 4) is 5.75 Å². The average molecular weight is 544 g/mol. The lowest BCUT2D eigenvalue weighted by Crippen LogP contribution is -2.20. The average Bonchev–Trinajstić information content (AvgIpc) is 2.84. The standard InChI is InChI=1S/C18H26O7S.C9H19NO/c1-3-5-6-11-17(19)24-14(4-2)12-13-18(20)25-15-9-7-8-10-16(15)26(21,22)23;1-2-3-4-5-6-7-8-9(10)11/h7-10,14H,3-6,11-13H2,1-2H3,(H,21,22,23);2-8H2,1H3,(H2,10,11). The summed E-state index contributed by atoms with van der Waals surface area (Å²) in [7, 11) is -4.49. The van der Waals surface area contributed by atoms with Crippen LogP contribution in [0.4, 0.5) is 0 Å². The number of esters is 2. The molecule has 10 heteroatoms. The van der Waals surface area contributed by atoms with Crippen LogP contribution in [0.1, 0.15) is 111 Å². The molecular formula is C27H45NO8S. The molecule has 1 rings (SSSR count). The Labute approximate surface area is 222 Å². The van der Waals surface area contributed by atoms with Gasteiger partial charge in [-0.15, -0.1) is 0 Å². The summed E-state index contributed by atoms with van der Waals surface area (Å²) in [6.45, 7) is 6.10. The van der Waals surface area contributed by atoms with Crippen molar-refractivity contribution < 1.29 is 36.8 Å². The predicted molar refractivity (Wildman–Crippen MR) is 143 cm³/mol. The van der Waals surface area contributed by atoms with Crippen LogP contribution in [0.5, 0.6) is 5.75 Å². The van der Waals surface area contributed by atoms with Crippen LogP contribution in [0.25, 0.3) is 0 Å². The molecule has 9 nitrogen and oxygen atoms in total. The third-order valence-corrected chi connectivity index (χ3v) is 6.43. The zero-order valence-electron chi connectivity index (χ0n) is 22.6. The zero-order chi connectivity index (χ0) is 28.1. The lowest BCUT2D eigenvalue weighted by molar-refractivity contribution is -0.151. The van der Waals surface area contributed by atoms with Crippen molar-refractivity contribution in [3.05, 3.63) is 24.3 Å². The molecule has 0 spiro atoms. The molecule has 0 aliphatic heterocycles. The van der Waals surface area contributed by atoms with Crippen LogP contribution >= 0.6 is 0 Å². The third-order valence-electron chi connectivity index (χ3n) is 5.54. The van der Waals surface area contributed by atoms with Crippen LogP contribution in [0.3, 0.4) is 0 Å². The van der Waals surface area contributed by atoms with Crippen LogP contribution in [0, 0.1) is 0 Å².